The third-order valence-electron chi connectivity index (χ3n) is 3.66. The van der Waals surface area contributed by atoms with Crippen LogP contribution in [0.2, 0.25) is 0 Å². The number of esters is 2. The lowest BCUT2D eigenvalue weighted by Gasteiger charge is -2.15. The molecule has 0 spiro atoms. The van der Waals surface area contributed by atoms with Gasteiger partial charge in [0.1, 0.15) is 5.75 Å². The van der Waals surface area contributed by atoms with Gasteiger partial charge < -0.3 is 24.8 Å². The number of phenols is 1. The summed E-state index contributed by atoms with van der Waals surface area (Å²) in [5.74, 6) is -5.96. The van der Waals surface area contributed by atoms with Crippen LogP contribution in [0, 0.1) is 10.1 Å². The molecule has 3 N–H and O–H groups in total. The third kappa shape index (κ3) is 4.86. The number of carbonyl (C=O) groups is 4. The number of aromatic carboxylic acids is 2. The molecule has 1 unspecified atom stereocenters. The molecule has 0 saturated heterocycles. The maximum Gasteiger partial charge on any atom is 0.342 e. The molecule has 0 radical (unpaired) electrons. The first-order valence-corrected chi connectivity index (χ1v) is 8.01. The van der Waals surface area contributed by atoms with E-state index in [0.29, 0.717) is 6.07 Å². The molecule has 2 aromatic carbocycles. The van der Waals surface area contributed by atoms with E-state index >= 15 is 0 Å². The molecule has 156 valence electrons. The maximum atomic E-state index is 12.2. The van der Waals surface area contributed by atoms with Crippen molar-refractivity contribution in [1.82, 2.24) is 0 Å². The van der Waals surface area contributed by atoms with E-state index in [1.807, 2.05) is 0 Å². The molecule has 0 bridgehead atoms. The number of rotatable bonds is 7. The number of carbonyl (C=O) groups excluding carboxylic acids is 2. The fraction of sp³-hybridized carbons (Fsp3) is 0.111. The fourth-order valence-corrected chi connectivity index (χ4v) is 2.34. The molecular formula is C18H13NO11. The summed E-state index contributed by atoms with van der Waals surface area (Å²) < 4.78 is 9.67. The highest BCUT2D eigenvalue weighted by atomic mass is 16.7. The van der Waals surface area contributed by atoms with E-state index in [0.717, 1.165) is 37.3 Å². The minimum absolute atomic E-state index is 0.400. The average Bonchev–Trinajstić information content (AvgIpc) is 2.66. The smallest absolute Gasteiger partial charge is 0.342 e. The average molecular weight is 419 g/mol. The Labute approximate surface area is 167 Å². The molecule has 0 fully saturated rings. The second kappa shape index (κ2) is 8.68. The van der Waals surface area contributed by atoms with Crippen molar-refractivity contribution in [1.29, 1.82) is 0 Å². The first-order chi connectivity index (χ1) is 14.0. The summed E-state index contributed by atoms with van der Waals surface area (Å²) in [6.07, 6.45) is -1.57. The van der Waals surface area contributed by atoms with Crippen molar-refractivity contribution in [3.8, 4) is 5.75 Å². The van der Waals surface area contributed by atoms with Crippen LogP contribution in [0.15, 0.2) is 36.4 Å². The molecule has 12 nitrogen and oxygen atoms in total. The summed E-state index contributed by atoms with van der Waals surface area (Å²) in [7, 11) is 0. The van der Waals surface area contributed by atoms with Gasteiger partial charge in [0.15, 0.2) is 0 Å². The molecule has 0 aromatic heterocycles. The summed E-state index contributed by atoms with van der Waals surface area (Å²) in [5, 5.41) is 38.4. The van der Waals surface area contributed by atoms with Gasteiger partial charge in [0.05, 0.1) is 27.2 Å². The van der Waals surface area contributed by atoms with Crippen LogP contribution in [0.5, 0.6) is 5.75 Å². The van der Waals surface area contributed by atoms with Crippen LogP contribution in [0.4, 0.5) is 5.69 Å². The van der Waals surface area contributed by atoms with Gasteiger partial charge in [-0.1, -0.05) is 0 Å². The standard InChI is InChI=1S/C18H13NO11/c1-8(30-18(26)12-5-3-10(20)7-14(12)16(23)24)29-17(25)11-4-2-9(19(27)28)6-13(11)15(21)22/h2-8,20H,1H3,(H,21,22)(H,23,24). The van der Waals surface area contributed by atoms with Gasteiger partial charge in [0, 0.05) is 19.1 Å². The van der Waals surface area contributed by atoms with Crippen LogP contribution < -0.4 is 0 Å². The number of hydrogen-bond donors (Lipinski definition) is 3. The molecule has 30 heavy (non-hydrogen) atoms. The van der Waals surface area contributed by atoms with Gasteiger partial charge in [-0.2, -0.15) is 0 Å². The van der Waals surface area contributed by atoms with Crippen molar-refractivity contribution < 1.29 is 48.9 Å². The number of nitro benzene ring substituents is 1. The van der Waals surface area contributed by atoms with E-state index in [-0.39, 0.29) is 0 Å². The minimum Gasteiger partial charge on any atom is -0.508 e. The Kier molecular flexibility index (Phi) is 6.32. The Hall–Kier alpha value is -4.48. The molecule has 2 rings (SSSR count). The van der Waals surface area contributed by atoms with Crippen LogP contribution in [0.3, 0.4) is 0 Å². The Bertz CT molecular complexity index is 1060. The number of phenolic OH excluding ortho intramolecular Hbond substituents is 1. The van der Waals surface area contributed by atoms with Crippen LogP contribution >= 0.6 is 0 Å². The lowest BCUT2D eigenvalue weighted by molar-refractivity contribution is -0.384. The summed E-state index contributed by atoms with van der Waals surface area (Å²) in [4.78, 5) is 56.8. The van der Waals surface area contributed by atoms with Gasteiger partial charge in [-0.3, -0.25) is 10.1 Å². The van der Waals surface area contributed by atoms with E-state index in [1.54, 1.807) is 0 Å². The molecule has 0 amide bonds. The van der Waals surface area contributed by atoms with Gasteiger partial charge in [-0.05, 0) is 24.3 Å². The zero-order chi connectivity index (χ0) is 22.6. The van der Waals surface area contributed by atoms with E-state index in [4.69, 9.17) is 19.7 Å². The van der Waals surface area contributed by atoms with Crippen molar-refractivity contribution in [2.24, 2.45) is 0 Å². The number of nitrogens with zero attached hydrogens (tertiary/aromatic N) is 1. The van der Waals surface area contributed by atoms with E-state index in [1.165, 1.54) is 0 Å². The zero-order valence-electron chi connectivity index (χ0n) is 15.1. The van der Waals surface area contributed by atoms with Gasteiger partial charge in [-0.25, -0.2) is 19.2 Å². The molecule has 0 aliphatic heterocycles. The van der Waals surface area contributed by atoms with E-state index in [2.05, 4.69) is 0 Å². The predicted molar refractivity (Wildman–Crippen MR) is 95.4 cm³/mol. The maximum absolute atomic E-state index is 12.2. The number of hydrogen-bond acceptors (Lipinski definition) is 9. The molecule has 2 aromatic rings. The fourth-order valence-electron chi connectivity index (χ4n) is 2.34. The van der Waals surface area contributed by atoms with Crippen LogP contribution in [0.25, 0.3) is 0 Å². The van der Waals surface area contributed by atoms with Gasteiger partial charge >= 0.3 is 23.9 Å². The van der Waals surface area contributed by atoms with Crippen molar-refractivity contribution >= 4 is 29.6 Å². The van der Waals surface area contributed by atoms with Crippen LogP contribution in [-0.2, 0) is 9.47 Å². The second-order valence-corrected chi connectivity index (χ2v) is 5.71. The third-order valence-corrected chi connectivity index (χ3v) is 3.66. The highest BCUT2D eigenvalue weighted by Crippen LogP contribution is 2.21. The van der Waals surface area contributed by atoms with Gasteiger partial charge in [-0.15, -0.1) is 0 Å². The Morgan fingerprint density at radius 1 is 0.867 bits per heavy atom. The van der Waals surface area contributed by atoms with Crippen molar-refractivity contribution in [2.45, 2.75) is 13.2 Å². The van der Waals surface area contributed by atoms with Crippen molar-refractivity contribution in [3.63, 3.8) is 0 Å². The number of ether oxygens (including phenoxy) is 2. The SMILES string of the molecule is CC(OC(=O)c1ccc(O)cc1C(=O)O)OC(=O)c1ccc([N+](=O)[O-])cc1C(=O)O. The molecular weight excluding hydrogens is 406 g/mol. The Morgan fingerprint density at radius 2 is 1.33 bits per heavy atom. The number of nitro groups is 1. The number of carboxylic acid groups (broad SMARTS) is 2. The largest absolute Gasteiger partial charge is 0.508 e. The quantitative estimate of drug-likeness (QED) is 0.257. The highest BCUT2D eigenvalue weighted by molar-refractivity contribution is 6.04. The predicted octanol–water partition coefficient (Wildman–Crippen LogP) is 2.06. The summed E-state index contributed by atoms with van der Waals surface area (Å²) in [5.41, 5.74) is -2.75. The molecule has 1 atom stereocenters. The summed E-state index contributed by atoms with van der Waals surface area (Å²) >= 11 is 0. The van der Waals surface area contributed by atoms with Crippen molar-refractivity contribution in [2.75, 3.05) is 0 Å². The van der Waals surface area contributed by atoms with E-state index < -0.39 is 68.8 Å². The second-order valence-electron chi connectivity index (χ2n) is 5.71. The number of carboxylic acids is 2. The lowest BCUT2D eigenvalue weighted by atomic mass is 10.1. The molecule has 0 aliphatic carbocycles. The molecule has 0 heterocycles. The molecule has 0 saturated carbocycles. The number of aromatic hydroxyl groups is 1. The number of benzene rings is 2. The van der Waals surface area contributed by atoms with Gasteiger partial charge in [0.2, 0.25) is 6.29 Å². The van der Waals surface area contributed by atoms with Gasteiger partial charge in [0.25, 0.3) is 5.69 Å². The molecule has 12 heteroatoms. The summed E-state index contributed by atoms with van der Waals surface area (Å²) in [6.45, 7) is 1.11. The Morgan fingerprint density at radius 3 is 1.80 bits per heavy atom. The first-order valence-electron chi connectivity index (χ1n) is 8.01. The molecule has 0 aliphatic rings. The van der Waals surface area contributed by atoms with Crippen LogP contribution in [0.1, 0.15) is 48.4 Å². The normalized spacial score (nSPS) is 11.2. The topological polar surface area (TPSA) is 191 Å². The van der Waals surface area contributed by atoms with E-state index in [9.17, 15) is 34.4 Å². The Balaban J connectivity index is 2.19. The first kappa shape index (κ1) is 21.8. The highest BCUT2D eigenvalue weighted by Gasteiger charge is 2.25. The number of non-ortho nitro benzene ring substituents is 1. The zero-order valence-corrected chi connectivity index (χ0v) is 15.1. The summed E-state index contributed by atoms with van der Waals surface area (Å²) in [6, 6.07) is 5.32. The minimum atomic E-state index is -1.62. The van der Waals surface area contributed by atoms with Crippen molar-refractivity contribution in [3.05, 3.63) is 68.8 Å². The lowest BCUT2D eigenvalue weighted by Crippen LogP contribution is -2.24. The van der Waals surface area contributed by atoms with Crippen LogP contribution in [-0.4, -0.2) is 50.4 Å². The monoisotopic (exact) mass is 419 g/mol.